The van der Waals surface area contributed by atoms with Crippen LogP contribution in [-0.2, 0) is 9.53 Å². The minimum Gasteiger partial charge on any atom is -0.497 e. The van der Waals surface area contributed by atoms with Crippen molar-refractivity contribution in [2.24, 2.45) is 0 Å². The molecule has 1 aromatic heterocycles. The largest absolute Gasteiger partial charge is 0.497 e. The lowest BCUT2D eigenvalue weighted by Crippen LogP contribution is -2.39. The summed E-state index contributed by atoms with van der Waals surface area (Å²) in [5.74, 6) is 2.34. The molecule has 0 bridgehead atoms. The highest BCUT2D eigenvalue weighted by Crippen LogP contribution is 2.27. The summed E-state index contributed by atoms with van der Waals surface area (Å²) >= 11 is 0. The van der Waals surface area contributed by atoms with E-state index < -0.39 is 0 Å². The van der Waals surface area contributed by atoms with Gasteiger partial charge in [0, 0.05) is 56.2 Å². The van der Waals surface area contributed by atoms with E-state index in [4.69, 9.17) is 19.2 Å². The Kier molecular flexibility index (Phi) is 6.63. The average Bonchev–Trinajstić information content (AvgIpc) is 3.27. The maximum absolute atomic E-state index is 12.3. The summed E-state index contributed by atoms with van der Waals surface area (Å²) in [4.78, 5) is 23.7. The molecule has 160 valence electrons. The maximum atomic E-state index is 12.3. The summed E-state index contributed by atoms with van der Waals surface area (Å²) in [7, 11) is 1.60. The highest BCUT2D eigenvalue weighted by Gasteiger charge is 2.26. The molecule has 2 aliphatic heterocycles. The molecule has 1 N–H and O–H groups in total. The van der Waals surface area contributed by atoms with Gasteiger partial charge in [0.2, 0.25) is 5.95 Å². The lowest BCUT2D eigenvalue weighted by atomic mass is 9.96. The minimum absolute atomic E-state index is 0.0284. The topological polar surface area (TPSA) is 85.8 Å². The highest BCUT2D eigenvalue weighted by atomic mass is 16.5. The van der Waals surface area contributed by atoms with Crippen LogP contribution in [0.5, 0.6) is 11.5 Å². The fourth-order valence-corrected chi connectivity index (χ4v) is 3.90. The Hall–Kier alpha value is -2.87. The van der Waals surface area contributed by atoms with Gasteiger partial charge in [0.25, 0.3) is 5.91 Å². The number of benzene rings is 1. The summed E-state index contributed by atoms with van der Waals surface area (Å²) in [6, 6.07) is 9.28. The van der Waals surface area contributed by atoms with E-state index in [9.17, 15) is 4.79 Å². The molecule has 2 aliphatic rings. The van der Waals surface area contributed by atoms with Crippen LogP contribution < -0.4 is 19.7 Å². The van der Waals surface area contributed by atoms with Crippen LogP contribution in [0.15, 0.2) is 36.5 Å². The molecule has 0 spiro atoms. The van der Waals surface area contributed by atoms with Crippen molar-refractivity contribution in [3.05, 3.63) is 42.2 Å². The van der Waals surface area contributed by atoms with Gasteiger partial charge in [-0.15, -0.1) is 0 Å². The first-order valence-electron chi connectivity index (χ1n) is 10.4. The Morgan fingerprint density at radius 2 is 2.07 bits per heavy atom. The van der Waals surface area contributed by atoms with Crippen LogP contribution in [0, 0.1) is 0 Å². The summed E-state index contributed by atoms with van der Waals surface area (Å²) in [6.07, 6.45) is 4.70. The molecule has 8 nitrogen and oxygen atoms in total. The monoisotopic (exact) mass is 412 g/mol. The van der Waals surface area contributed by atoms with Crippen LogP contribution in [0.2, 0.25) is 0 Å². The summed E-state index contributed by atoms with van der Waals surface area (Å²) in [5.41, 5.74) is 1.09. The Morgan fingerprint density at radius 1 is 1.23 bits per heavy atom. The summed E-state index contributed by atoms with van der Waals surface area (Å²) in [6.45, 7) is 3.07. The van der Waals surface area contributed by atoms with E-state index in [1.165, 1.54) is 0 Å². The number of rotatable bonds is 7. The number of aromatic nitrogens is 2. The molecular weight excluding hydrogens is 384 g/mol. The second-order valence-corrected chi connectivity index (χ2v) is 7.63. The number of anilines is 1. The van der Waals surface area contributed by atoms with Crippen molar-refractivity contribution in [3.63, 3.8) is 0 Å². The Bertz CT molecular complexity index is 857. The molecule has 1 unspecified atom stereocenters. The van der Waals surface area contributed by atoms with Crippen molar-refractivity contribution in [2.75, 3.05) is 44.9 Å². The van der Waals surface area contributed by atoms with Crippen molar-refractivity contribution in [1.29, 1.82) is 0 Å². The van der Waals surface area contributed by atoms with Gasteiger partial charge in [0.05, 0.1) is 7.11 Å². The van der Waals surface area contributed by atoms with Crippen LogP contribution in [0.25, 0.3) is 0 Å². The molecule has 2 aromatic rings. The van der Waals surface area contributed by atoms with Gasteiger partial charge >= 0.3 is 0 Å². The molecule has 0 radical (unpaired) electrons. The fourth-order valence-electron chi connectivity index (χ4n) is 3.90. The van der Waals surface area contributed by atoms with E-state index in [1.807, 2.05) is 24.4 Å². The summed E-state index contributed by atoms with van der Waals surface area (Å²) in [5, 5.41) is 3.05. The van der Waals surface area contributed by atoms with E-state index in [-0.39, 0.29) is 18.6 Å². The molecule has 1 aromatic carbocycles. The lowest BCUT2D eigenvalue weighted by Gasteiger charge is -2.23. The maximum Gasteiger partial charge on any atom is 0.258 e. The van der Waals surface area contributed by atoms with Gasteiger partial charge in [0.15, 0.2) is 6.61 Å². The van der Waals surface area contributed by atoms with Gasteiger partial charge in [-0.3, -0.25) is 4.79 Å². The third kappa shape index (κ3) is 5.18. The SMILES string of the molecule is COc1cccc(OCC(=O)NC2CCN(c3nccc(C4CCOCC4)n3)C2)c1. The highest BCUT2D eigenvalue weighted by molar-refractivity contribution is 5.78. The van der Waals surface area contributed by atoms with Crippen LogP contribution in [0.4, 0.5) is 5.95 Å². The van der Waals surface area contributed by atoms with Gasteiger partial charge in [-0.2, -0.15) is 0 Å². The second-order valence-electron chi connectivity index (χ2n) is 7.63. The predicted molar refractivity (Wildman–Crippen MR) is 112 cm³/mol. The molecule has 3 heterocycles. The van der Waals surface area contributed by atoms with E-state index >= 15 is 0 Å². The van der Waals surface area contributed by atoms with Crippen LogP contribution in [-0.4, -0.2) is 61.9 Å². The fraction of sp³-hybridized carbons (Fsp3) is 0.500. The molecule has 1 amide bonds. The number of methoxy groups -OCH3 is 1. The van der Waals surface area contributed by atoms with E-state index in [1.54, 1.807) is 19.2 Å². The number of hydrogen-bond acceptors (Lipinski definition) is 7. The smallest absolute Gasteiger partial charge is 0.258 e. The number of carbonyl (C=O) groups excluding carboxylic acids is 1. The second kappa shape index (κ2) is 9.75. The number of ether oxygens (including phenoxy) is 3. The van der Waals surface area contributed by atoms with Crippen molar-refractivity contribution < 1.29 is 19.0 Å². The molecule has 2 fully saturated rings. The number of nitrogens with one attached hydrogen (secondary N) is 1. The molecule has 30 heavy (non-hydrogen) atoms. The van der Waals surface area contributed by atoms with Gasteiger partial charge in [-0.05, 0) is 37.5 Å². The molecule has 0 aliphatic carbocycles. The van der Waals surface area contributed by atoms with Crippen LogP contribution >= 0.6 is 0 Å². The number of carbonyl (C=O) groups is 1. The Morgan fingerprint density at radius 3 is 2.90 bits per heavy atom. The zero-order valence-corrected chi connectivity index (χ0v) is 17.3. The molecular formula is C22H28N4O4. The molecule has 1 atom stereocenters. The van der Waals surface area contributed by atoms with Crippen molar-refractivity contribution in [2.45, 2.75) is 31.2 Å². The van der Waals surface area contributed by atoms with Crippen LogP contribution in [0.3, 0.4) is 0 Å². The average molecular weight is 412 g/mol. The number of amides is 1. The zero-order valence-electron chi connectivity index (χ0n) is 17.3. The molecule has 4 rings (SSSR count). The minimum atomic E-state index is -0.137. The van der Waals surface area contributed by atoms with E-state index in [0.717, 1.165) is 50.7 Å². The molecule has 0 saturated carbocycles. The standard InChI is InChI=1S/C22H28N4O4/c1-28-18-3-2-4-19(13-18)30-15-21(27)24-17-6-10-26(14-17)22-23-9-5-20(25-22)16-7-11-29-12-8-16/h2-5,9,13,16-17H,6-8,10-12,14-15H2,1H3,(H,24,27). The summed E-state index contributed by atoms with van der Waals surface area (Å²) < 4.78 is 16.2. The Balaban J connectivity index is 1.27. The van der Waals surface area contributed by atoms with Crippen molar-refractivity contribution in [1.82, 2.24) is 15.3 Å². The molecule has 8 heteroatoms. The third-order valence-corrected chi connectivity index (χ3v) is 5.55. The van der Waals surface area contributed by atoms with Crippen LogP contribution in [0.1, 0.15) is 30.9 Å². The molecule has 2 saturated heterocycles. The number of hydrogen-bond donors (Lipinski definition) is 1. The predicted octanol–water partition coefficient (Wildman–Crippen LogP) is 2.15. The van der Waals surface area contributed by atoms with E-state index in [2.05, 4.69) is 15.2 Å². The van der Waals surface area contributed by atoms with Gasteiger partial charge < -0.3 is 24.4 Å². The normalized spacial score (nSPS) is 19.5. The number of nitrogens with zero attached hydrogens (tertiary/aromatic N) is 3. The lowest BCUT2D eigenvalue weighted by molar-refractivity contribution is -0.123. The van der Waals surface area contributed by atoms with E-state index in [0.29, 0.717) is 24.0 Å². The van der Waals surface area contributed by atoms with Gasteiger partial charge in [0.1, 0.15) is 11.5 Å². The van der Waals surface area contributed by atoms with Crippen molar-refractivity contribution in [3.8, 4) is 11.5 Å². The first kappa shape index (κ1) is 20.4. The van der Waals surface area contributed by atoms with Gasteiger partial charge in [-0.1, -0.05) is 6.07 Å². The first-order valence-corrected chi connectivity index (χ1v) is 10.4. The van der Waals surface area contributed by atoms with Crippen molar-refractivity contribution >= 4 is 11.9 Å². The Labute approximate surface area is 176 Å². The third-order valence-electron chi connectivity index (χ3n) is 5.55. The zero-order chi connectivity index (χ0) is 20.8. The first-order chi connectivity index (χ1) is 14.7. The quantitative estimate of drug-likeness (QED) is 0.746. The van der Waals surface area contributed by atoms with Gasteiger partial charge in [-0.25, -0.2) is 9.97 Å².